The summed E-state index contributed by atoms with van der Waals surface area (Å²) in [5, 5.41) is 59.3. The lowest BCUT2D eigenvalue weighted by atomic mass is 10.1. The number of alkyl halides is 6. The lowest BCUT2D eigenvalue weighted by molar-refractivity contribution is -0.131. The summed E-state index contributed by atoms with van der Waals surface area (Å²) >= 11 is 27.4. The molecule has 2 atom stereocenters. The molecule has 0 spiro atoms. The molecule has 4 aliphatic heterocycles. The first-order chi connectivity index (χ1) is 59.7. The fourth-order valence-corrected chi connectivity index (χ4v) is 17.2. The molecule has 0 saturated carbocycles. The van der Waals surface area contributed by atoms with E-state index in [0.29, 0.717) is 184 Å². The summed E-state index contributed by atoms with van der Waals surface area (Å²) in [6, 6.07) is 72.5. The van der Waals surface area contributed by atoms with Gasteiger partial charge in [0.2, 0.25) is 0 Å². The number of hydrogen-bond donors (Lipinski definition) is 0. The number of halogens is 11. The van der Waals surface area contributed by atoms with E-state index in [-0.39, 0.29) is 31.9 Å². The van der Waals surface area contributed by atoms with Crippen LogP contribution in [0.15, 0.2) is 231 Å². The second kappa shape index (κ2) is 36.9. The van der Waals surface area contributed by atoms with Crippen molar-refractivity contribution in [2.75, 3.05) is 78.5 Å². The normalized spacial score (nSPS) is 16.5. The van der Waals surface area contributed by atoms with Gasteiger partial charge in [-0.1, -0.05) is 252 Å². The highest BCUT2D eigenvalue weighted by molar-refractivity contribution is 6.40. The summed E-state index contributed by atoms with van der Waals surface area (Å²) in [5.74, 6) is -5.53. The topological polar surface area (TPSA) is 187 Å². The Balaban J connectivity index is 0.000000116. The average molecular weight is 1740 g/mol. The Morgan fingerprint density at radius 1 is 0.309 bits per heavy atom. The molecule has 0 N–H and O–H groups in total. The molecule has 8 aromatic heterocycles. The van der Waals surface area contributed by atoms with E-state index in [1.54, 1.807) is 36.0 Å². The van der Waals surface area contributed by atoms with Crippen LogP contribution in [0.2, 0.25) is 20.1 Å². The van der Waals surface area contributed by atoms with Gasteiger partial charge in [0, 0.05) is 110 Å². The number of aryl methyl sites for hydroxylation is 1. The van der Waals surface area contributed by atoms with Crippen molar-refractivity contribution in [2.45, 2.75) is 76.6 Å². The van der Waals surface area contributed by atoms with Crippen LogP contribution in [0.3, 0.4) is 0 Å². The van der Waals surface area contributed by atoms with Crippen molar-refractivity contribution in [3.63, 3.8) is 0 Å². The van der Waals surface area contributed by atoms with Crippen LogP contribution in [0.5, 0.6) is 0 Å². The lowest BCUT2D eigenvalue weighted by Crippen LogP contribution is -2.56. The largest absolute Gasteiger partial charge is 0.299 e. The number of nitrogens with zero attached hydrogens (tertiary/aromatic N) is 20. The maximum Gasteiger partial charge on any atom is 0.272 e. The summed E-state index contributed by atoms with van der Waals surface area (Å²) in [4.78, 5) is 7.65. The van der Waals surface area contributed by atoms with Gasteiger partial charge in [-0.3, -0.25) is 19.6 Å². The second-order valence-corrected chi connectivity index (χ2v) is 32.4. The van der Waals surface area contributed by atoms with Gasteiger partial charge >= 0.3 is 0 Å². The summed E-state index contributed by atoms with van der Waals surface area (Å²) in [5.41, 5.74) is 15.7. The van der Waals surface area contributed by atoms with Gasteiger partial charge in [0.15, 0.2) is 22.6 Å². The molecule has 123 heavy (non-hydrogen) atoms. The fraction of sp³-hybridized carbons (Fsp3) is 0.261. The number of likely N-dealkylation sites (tertiary alicyclic amines) is 4. The van der Waals surface area contributed by atoms with E-state index in [9.17, 15) is 30.7 Å². The third kappa shape index (κ3) is 18.7. The first-order valence-corrected chi connectivity index (χ1v) is 42.0. The highest BCUT2D eigenvalue weighted by Gasteiger charge is 2.44. The van der Waals surface area contributed by atoms with Crippen LogP contribution in [0.1, 0.15) is 24.8 Å². The summed E-state index contributed by atoms with van der Waals surface area (Å²) in [6.45, 7) is 8.46. The molecule has 0 radical (unpaired) electrons. The molecule has 16 aromatic rings. The molecular formula is C92H81Cl4F7N20. The molecular weight excluding hydrogens is 1660 g/mol. The van der Waals surface area contributed by atoms with Crippen LogP contribution >= 0.6 is 46.4 Å². The summed E-state index contributed by atoms with van der Waals surface area (Å²) in [7, 11) is 0. The Labute approximate surface area is 723 Å². The van der Waals surface area contributed by atoms with E-state index >= 15 is 0 Å². The second-order valence-electron chi connectivity index (χ2n) is 30.9. The van der Waals surface area contributed by atoms with Crippen molar-refractivity contribution in [1.82, 2.24) is 99.5 Å². The molecule has 8 aromatic carbocycles. The van der Waals surface area contributed by atoms with Gasteiger partial charge in [-0.05, 0) is 50.1 Å². The molecule has 20 rings (SSSR count). The number of hydrogen-bond acceptors (Lipinski definition) is 16. The van der Waals surface area contributed by atoms with Crippen molar-refractivity contribution < 1.29 is 30.7 Å². The van der Waals surface area contributed by atoms with E-state index in [1.165, 1.54) is 12.1 Å². The van der Waals surface area contributed by atoms with Crippen LogP contribution in [0.25, 0.3) is 134 Å². The molecule has 626 valence electrons. The zero-order chi connectivity index (χ0) is 84.9. The zero-order valence-corrected chi connectivity index (χ0v) is 69.7. The minimum Gasteiger partial charge on any atom is -0.299 e. The minimum atomic E-state index is -2.62. The number of rotatable bonds is 20. The van der Waals surface area contributed by atoms with Crippen LogP contribution in [-0.4, -0.2) is 202 Å². The van der Waals surface area contributed by atoms with Gasteiger partial charge < -0.3 is 0 Å². The molecule has 0 unspecified atom stereocenters. The van der Waals surface area contributed by atoms with Gasteiger partial charge in [0.1, 0.15) is 63.7 Å². The van der Waals surface area contributed by atoms with Crippen LogP contribution in [-0.2, 0) is 26.2 Å². The minimum absolute atomic E-state index is 0.103. The standard InChI is InChI=1S/C24H23ClFN5.2C23H20ClF2N5.C22H18ClF2N5/c1-16-6-5-9-18(14-16)22-20-21(25)23(17-7-3-2-4-8-17)27-28-24(20)31(29-22)13-12-30-11-10-19(26)15-30;24-19-18-20(16-7-3-1-4-8-16)29-31(14-13-30-12-11-23(25,26)15-30)22(18)28-27-21(19)17-9-5-2-6-10-17;24-20-19-21(16-6-8-17(25)9-7-16)29-31(13-12-30-11-10-18(26)14-30)23(19)28-27-22(20)15-4-2-1-3-5-15;23-18-17-19(15-7-3-1-4-8-15)28-30(12-11-29-13-22(24,25)14-29)21(17)27-26-20(18)16-9-5-2-6-10-16/h2-9,14,19H,10-13,15H2,1H3;1-10H,11-15H2;1-9,18H,10-14H2;1-10H,11-14H2/t19-;;18-;/m1.1./s1. The first kappa shape index (κ1) is 83.7. The molecule has 0 bridgehead atoms. The van der Waals surface area contributed by atoms with Crippen molar-refractivity contribution in [3.8, 4) is 90.1 Å². The number of benzene rings is 8. The molecule has 31 heteroatoms. The van der Waals surface area contributed by atoms with E-state index in [4.69, 9.17) is 66.8 Å². The number of aromatic nitrogens is 16. The van der Waals surface area contributed by atoms with Gasteiger partial charge in [-0.25, -0.2) is 49.5 Å². The fourth-order valence-electron chi connectivity index (χ4n) is 15.9. The molecule has 12 heterocycles. The first-order valence-electron chi connectivity index (χ1n) is 40.5. The van der Waals surface area contributed by atoms with E-state index in [2.05, 4.69) is 69.6 Å². The smallest absolute Gasteiger partial charge is 0.272 e. The lowest BCUT2D eigenvalue weighted by Gasteiger charge is -2.38. The van der Waals surface area contributed by atoms with Gasteiger partial charge in [-0.15, -0.1) is 40.8 Å². The summed E-state index contributed by atoms with van der Waals surface area (Å²) in [6.07, 6.45) is -0.451. The predicted molar refractivity (Wildman–Crippen MR) is 469 cm³/mol. The maximum absolute atomic E-state index is 13.6. The monoisotopic (exact) mass is 1740 g/mol. The molecule has 4 aliphatic rings. The number of fused-ring (bicyclic) bond motifs is 4. The third-order valence-corrected chi connectivity index (χ3v) is 23.7. The molecule has 4 fully saturated rings. The van der Waals surface area contributed by atoms with Crippen molar-refractivity contribution >= 4 is 90.5 Å². The van der Waals surface area contributed by atoms with Gasteiger partial charge in [-0.2, -0.15) is 20.4 Å². The molecule has 4 saturated heterocycles. The highest BCUT2D eigenvalue weighted by Crippen LogP contribution is 2.43. The average Bonchev–Trinajstić information content (AvgIpc) is 1.63. The van der Waals surface area contributed by atoms with E-state index in [0.717, 1.165) is 74.2 Å². The van der Waals surface area contributed by atoms with E-state index in [1.807, 2.05) is 199 Å². The van der Waals surface area contributed by atoms with Crippen LogP contribution < -0.4 is 0 Å². The Morgan fingerprint density at radius 3 is 0.886 bits per heavy atom. The Bertz CT molecular complexity index is 6370. The van der Waals surface area contributed by atoms with E-state index < -0.39 is 24.2 Å². The van der Waals surface area contributed by atoms with Crippen molar-refractivity contribution in [2.24, 2.45) is 0 Å². The van der Waals surface area contributed by atoms with Crippen LogP contribution in [0, 0.1) is 12.7 Å². The third-order valence-electron chi connectivity index (χ3n) is 22.2. The predicted octanol–water partition coefficient (Wildman–Crippen LogP) is 20.1. The maximum atomic E-state index is 13.6. The zero-order valence-electron chi connectivity index (χ0n) is 66.6. The van der Waals surface area contributed by atoms with Gasteiger partial charge in [0.05, 0.1) is 87.4 Å². The molecule has 20 nitrogen and oxygen atoms in total. The molecule has 0 amide bonds. The van der Waals surface area contributed by atoms with Crippen molar-refractivity contribution in [1.29, 1.82) is 0 Å². The van der Waals surface area contributed by atoms with Crippen molar-refractivity contribution in [3.05, 3.63) is 262 Å². The van der Waals surface area contributed by atoms with Gasteiger partial charge in [0.25, 0.3) is 11.8 Å². The quantitative estimate of drug-likeness (QED) is 0.0655. The molecule has 0 aliphatic carbocycles. The SMILES string of the molecule is Cc1cccc(-c2nn(CCN3CC[C@@H](F)C3)c3nnc(-c4ccccc4)c(Cl)c23)c1.FC1(F)CCN(CCn2nc(-c3ccccc3)c3c(Cl)c(-c4ccccc4)nnc32)C1.FC1(F)CN(CCn2nc(-c3ccccc3)c3c(Cl)c(-c4ccccc4)nnc32)C1.Fc1ccc(-c2nn(CCN3CC[C@@H](F)C3)c3nnc(-c4ccccc4)c(Cl)c23)cc1. The highest BCUT2D eigenvalue weighted by atomic mass is 35.5. The Kier molecular flexibility index (Phi) is 25.1. The Hall–Kier alpha value is -11.5. The summed E-state index contributed by atoms with van der Waals surface area (Å²) < 4.78 is 101. The van der Waals surface area contributed by atoms with Crippen LogP contribution in [0.4, 0.5) is 30.7 Å². The Morgan fingerprint density at radius 2 is 0.593 bits per heavy atom.